The lowest BCUT2D eigenvalue weighted by molar-refractivity contribution is -0.123. The molecule has 9 nitrogen and oxygen atoms in total. The lowest BCUT2D eigenvalue weighted by Crippen LogP contribution is -2.36. The fourth-order valence-corrected chi connectivity index (χ4v) is 3.75. The summed E-state index contributed by atoms with van der Waals surface area (Å²) in [5.74, 6) is -1.30. The maximum atomic E-state index is 13.0. The molecule has 10 heteroatoms. The second kappa shape index (κ2) is 8.72. The lowest BCUT2D eigenvalue weighted by atomic mass is 9.92. The minimum Gasteiger partial charge on any atom is -0.495 e. The first-order valence-electron chi connectivity index (χ1n) is 9.77. The molecule has 0 fully saturated rings. The first-order chi connectivity index (χ1) is 15.4. The summed E-state index contributed by atoms with van der Waals surface area (Å²) in [7, 11) is 1.52. The summed E-state index contributed by atoms with van der Waals surface area (Å²) < 4.78 is 5.28. The highest BCUT2D eigenvalue weighted by Gasteiger charge is 2.35. The Balaban J connectivity index is 1.65. The van der Waals surface area contributed by atoms with Gasteiger partial charge < -0.3 is 20.7 Å². The van der Waals surface area contributed by atoms with Crippen LogP contribution in [0, 0.1) is 6.92 Å². The predicted molar refractivity (Wildman–Crippen MR) is 122 cm³/mol. The van der Waals surface area contributed by atoms with Gasteiger partial charge in [-0.05, 0) is 36.8 Å². The monoisotopic (exact) mass is 453 g/mol. The van der Waals surface area contributed by atoms with Crippen LogP contribution in [-0.4, -0.2) is 28.9 Å². The third kappa shape index (κ3) is 4.28. The quantitative estimate of drug-likeness (QED) is 0.468. The number of hydrogen-bond donors (Lipinski definition) is 4. The van der Waals surface area contributed by atoms with Gasteiger partial charge in [-0.15, -0.1) is 0 Å². The minimum absolute atomic E-state index is 0.0255. The summed E-state index contributed by atoms with van der Waals surface area (Å²) in [6, 6.07) is 12.3. The Kier molecular flexibility index (Phi) is 5.83. The third-order valence-electron chi connectivity index (χ3n) is 5.01. The van der Waals surface area contributed by atoms with Crippen LogP contribution in [-0.2, 0) is 9.59 Å². The number of benzene rings is 2. The number of aromatic amines is 1. The molecule has 32 heavy (non-hydrogen) atoms. The highest BCUT2D eigenvalue weighted by atomic mass is 35.5. The summed E-state index contributed by atoms with van der Waals surface area (Å²) in [6.07, 6.45) is -0.188. The number of para-hydroxylation sites is 2. The van der Waals surface area contributed by atoms with Gasteiger partial charge in [0.15, 0.2) is 0 Å². The maximum Gasteiger partial charge on any atom is 0.258 e. The van der Waals surface area contributed by atoms with Crippen molar-refractivity contribution in [3.63, 3.8) is 0 Å². The van der Waals surface area contributed by atoms with Gasteiger partial charge in [-0.25, -0.2) is 0 Å². The molecule has 0 bridgehead atoms. The number of aryl methyl sites for hydroxylation is 1. The van der Waals surface area contributed by atoms with Crippen LogP contribution in [0.5, 0.6) is 5.75 Å². The molecule has 1 aromatic heterocycles. The van der Waals surface area contributed by atoms with Crippen LogP contribution in [0.25, 0.3) is 0 Å². The summed E-state index contributed by atoms with van der Waals surface area (Å²) in [4.78, 5) is 45.1. The van der Waals surface area contributed by atoms with Crippen molar-refractivity contribution in [3.05, 3.63) is 69.0 Å². The van der Waals surface area contributed by atoms with Gasteiger partial charge in [0, 0.05) is 6.42 Å². The van der Waals surface area contributed by atoms with E-state index in [0.717, 1.165) is 5.56 Å². The molecule has 2 heterocycles. The molecule has 0 saturated carbocycles. The number of aromatic nitrogens is 2. The molecular formula is C22H20ClN5O4. The van der Waals surface area contributed by atoms with Gasteiger partial charge in [0.25, 0.3) is 5.56 Å². The average molecular weight is 454 g/mol. The summed E-state index contributed by atoms with van der Waals surface area (Å²) in [6.45, 7) is 1.88. The van der Waals surface area contributed by atoms with E-state index < -0.39 is 23.3 Å². The molecule has 3 aromatic rings. The van der Waals surface area contributed by atoms with Crippen LogP contribution in [0.15, 0.2) is 47.3 Å². The number of nitrogens with zero attached hydrogens (tertiary/aromatic N) is 1. The first kappa shape index (κ1) is 21.4. The molecule has 164 valence electrons. The SMILES string of the molecule is COc1ccccc1Nc1nc2c(c(=O)[nH]1)[C@H](C(=O)Nc1ccc(C)cc1Cl)CC(=O)N2. The van der Waals surface area contributed by atoms with Gasteiger partial charge in [-0.1, -0.05) is 29.8 Å². The molecule has 0 aliphatic carbocycles. The minimum atomic E-state index is -1.02. The largest absolute Gasteiger partial charge is 0.495 e. The van der Waals surface area contributed by atoms with E-state index >= 15 is 0 Å². The van der Waals surface area contributed by atoms with Crippen molar-refractivity contribution in [1.29, 1.82) is 0 Å². The van der Waals surface area contributed by atoms with E-state index in [0.29, 0.717) is 22.1 Å². The van der Waals surface area contributed by atoms with Gasteiger partial charge in [0.05, 0.1) is 35.0 Å². The molecule has 4 rings (SSSR count). The zero-order chi connectivity index (χ0) is 22.8. The fraction of sp³-hybridized carbons (Fsp3) is 0.182. The molecule has 4 N–H and O–H groups in total. The number of fused-ring (bicyclic) bond motifs is 1. The molecule has 0 saturated heterocycles. The molecule has 0 unspecified atom stereocenters. The fourth-order valence-electron chi connectivity index (χ4n) is 3.47. The van der Waals surface area contributed by atoms with Crippen LogP contribution >= 0.6 is 11.6 Å². The number of carbonyl (C=O) groups is 2. The summed E-state index contributed by atoms with van der Waals surface area (Å²) >= 11 is 6.20. The number of rotatable bonds is 5. The maximum absolute atomic E-state index is 13.0. The predicted octanol–water partition coefficient (Wildman–Crippen LogP) is 3.55. The number of anilines is 4. The molecule has 1 atom stereocenters. The van der Waals surface area contributed by atoms with E-state index in [1.54, 1.807) is 42.5 Å². The Labute approximate surface area is 188 Å². The number of methoxy groups -OCH3 is 1. The third-order valence-corrected chi connectivity index (χ3v) is 5.32. The normalized spacial score (nSPS) is 14.8. The van der Waals surface area contributed by atoms with Crippen LogP contribution in [0.1, 0.15) is 23.5 Å². The van der Waals surface area contributed by atoms with Crippen molar-refractivity contribution in [2.75, 3.05) is 23.1 Å². The van der Waals surface area contributed by atoms with Crippen molar-refractivity contribution in [2.45, 2.75) is 19.3 Å². The Bertz CT molecular complexity index is 1270. The molecule has 1 aliphatic heterocycles. The van der Waals surface area contributed by atoms with Crippen molar-refractivity contribution in [3.8, 4) is 5.75 Å². The van der Waals surface area contributed by atoms with Gasteiger partial charge >= 0.3 is 0 Å². The van der Waals surface area contributed by atoms with Crippen LogP contribution in [0.4, 0.5) is 23.1 Å². The molecule has 2 amide bonds. The number of carbonyl (C=O) groups excluding carboxylic acids is 2. The molecule has 0 spiro atoms. The Morgan fingerprint density at radius 2 is 1.97 bits per heavy atom. The highest BCUT2D eigenvalue weighted by molar-refractivity contribution is 6.33. The zero-order valence-electron chi connectivity index (χ0n) is 17.3. The van der Waals surface area contributed by atoms with Crippen molar-refractivity contribution in [2.24, 2.45) is 0 Å². The Morgan fingerprint density at radius 3 is 2.72 bits per heavy atom. The van der Waals surface area contributed by atoms with E-state index in [1.807, 2.05) is 6.92 Å². The van der Waals surface area contributed by atoms with Crippen LogP contribution < -0.4 is 26.2 Å². The zero-order valence-corrected chi connectivity index (χ0v) is 18.0. The Morgan fingerprint density at radius 1 is 1.19 bits per heavy atom. The molecular weight excluding hydrogens is 434 g/mol. The Hall–Kier alpha value is -3.85. The number of nitrogens with one attached hydrogen (secondary N) is 4. The van der Waals surface area contributed by atoms with E-state index in [2.05, 4.69) is 25.9 Å². The van der Waals surface area contributed by atoms with Crippen molar-refractivity contribution >= 4 is 46.6 Å². The van der Waals surface area contributed by atoms with Gasteiger partial charge in [-0.3, -0.25) is 19.4 Å². The molecule has 1 aliphatic rings. The molecule has 0 radical (unpaired) electrons. The number of ether oxygens (including phenoxy) is 1. The van der Waals surface area contributed by atoms with Crippen LogP contribution in [0.2, 0.25) is 5.02 Å². The average Bonchev–Trinajstić information content (AvgIpc) is 2.75. The highest BCUT2D eigenvalue weighted by Crippen LogP contribution is 2.32. The number of amides is 2. The van der Waals surface area contributed by atoms with E-state index in [-0.39, 0.29) is 23.8 Å². The van der Waals surface area contributed by atoms with E-state index in [4.69, 9.17) is 16.3 Å². The van der Waals surface area contributed by atoms with Crippen molar-refractivity contribution < 1.29 is 14.3 Å². The smallest absolute Gasteiger partial charge is 0.258 e. The first-order valence-corrected chi connectivity index (χ1v) is 10.1. The second-order valence-electron chi connectivity index (χ2n) is 7.28. The van der Waals surface area contributed by atoms with Gasteiger partial charge in [0.1, 0.15) is 11.6 Å². The van der Waals surface area contributed by atoms with Gasteiger partial charge in [0.2, 0.25) is 17.8 Å². The molecule has 2 aromatic carbocycles. The number of halogens is 1. The standard InChI is InChI=1S/C22H20ClN5O4/c1-11-7-8-14(13(23)9-11)24-20(30)12-10-17(29)26-19-18(12)21(31)28-22(27-19)25-15-5-3-4-6-16(15)32-2/h3-9,12H,10H2,1-2H3,(H,24,30)(H3,25,26,27,28,29,31)/t12-/m1/s1. The second-order valence-corrected chi connectivity index (χ2v) is 7.69. The topological polar surface area (TPSA) is 125 Å². The van der Waals surface area contributed by atoms with Crippen LogP contribution in [0.3, 0.4) is 0 Å². The lowest BCUT2D eigenvalue weighted by Gasteiger charge is -2.24. The van der Waals surface area contributed by atoms with Crippen molar-refractivity contribution in [1.82, 2.24) is 9.97 Å². The summed E-state index contributed by atoms with van der Waals surface area (Å²) in [5.41, 5.74) is 1.45. The van der Waals surface area contributed by atoms with E-state index in [9.17, 15) is 14.4 Å². The summed E-state index contributed by atoms with van der Waals surface area (Å²) in [5, 5.41) is 8.61. The number of H-pyrrole nitrogens is 1. The van der Waals surface area contributed by atoms with E-state index in [1.165, 1.54) is 7.11 Å². The number of hydrogen-bond acceptors (Lipinski definition) is 6. The van der Waals surface area contributed by atoms with Gasteiger partial charge in [-0.2, -0.15) is 4.98 Å².